The molecule has 0 saturated carbocycles. The Morgan fingerprint density at radius 3 is 0.812 bits per heavy atom. The van der Waals surface area contributed by atoms with Crippen LogP contribution in [0.3, 0.4) is 0 Å². The molecular weight excluding hydrogens is 961 g/mol. The third-order valence-corrected chi connectivity index (χ3v) is 14.3. The Kier molecular flexibility index (Phi) is 36.7. The highest BCUT2D eigenvalue weighted by molar-refractivity contribution is 5.40. The molecule has 0 amide bonds. The second-order valence-electron chi connectivity index (χ2n) is 24.4. The van der Waals surface area contributed by atoms with Gasteiger partial charge < -0.3 is 0 Å². The molecule has 0 bridgehead atoms. The Balaban J connectivity index is 0.000000800. The van der Waals surface area contributed by atoms with Crippen molar-refractivity contribution in [3.8, 4) is 0 Å². The maximum atomic E-state index is 2.37. The Morgan fingerprint density at radius 1 is 0.325 bits per heavy atom. The molecule has 0 aromatic rings. The predicted molar refractivity (Wildman–Crippen MR) is 367 cm³/mol. The molecular formula is C80H112. The fourth-order valence-corrected chi connectivity index (χ4v) is 9.20. The molecule has 0 saturated heterocycles. The molecule has 80 heavy (non-hydrogen) atoms. The van der Waals surface area contributed by atoms with E-state index < -0.39 is 0 Å². The molecule has 0 N–H and O–H groups in total. The number of hydrogen-bond acceptors (Lipinski definition) is 0. The molecule has 0 atom stereocenters. The number of rotatable bonds is 26. The zero-order chi connectivity index (χ0) is 59.9. The van der Waals surface area contributed by atoms with Crippen molar-refractivity contribution in [1.82, 2.24) is 0 Å². The fraction of sp³-hybridized carbons (Fsp3) is 0.400. The van der Waals surface area contributed by atoms with Crippen LogP contribution in [0, 0.1) is 10.8 Å². The lowest BCUT2D eigenvalue weighted by Gasteiger charge is -2.33. The topological polar surface area (TPSA) is 0 Å². The first kappa shape index (κ1) is 71.8. The van der Waals surface area contributed by atoms with Crippen LogP contribution in [-0.2, 0) is 0 Å². The normalized spacial score (nSPS) is 18.5. The molecule has 2 aliphatic rings. The summed E-state index contributed by atoms with van der Waals surface area (Å²) in [4.78, 5) is 0. The van der Waals surface area contributed by atoms with E-state index in [0.717, 1.165) is 25.7 Å². The van der Waals surface area contributed by atoms with Crippen molar-refractivity contribution in [1.29, 1.82) is 0 Å². The van der Waals surface area contributed by atoms with Gasteiger partial charge >= 0.3 is 0 Å². The van der Waals surface area contributed by atoms with E-state index >= 15 is 0 Å². The summed E-state index contributed by atoms with van der Waals surface area (Å²) >= 11 is 0. The van der Waals surface area contributed by atoms with Crippen molar-refractivity contribution < 1.29 is 0 Å². The minimum atomic E-state index is 0.291. The smallest absolute Gasteiger partial charge is 0.0104 e. The van der Waals surface area contributed by atoms with Gasteiger partial charge in [0.15, 0.2) is 0 Å². The van der Waals surface area contributed by atoms with E-state index in [-0.39, 0.29) is 0 Å². The van der Waals surface area contributed by atoms with Gasteiger partial charge in [-0.05, 0) is 197 Å². The highest BCUT2D eigenvalue weighted by Crippen LogP contribution is 2.42. The first-order valence-corrected chi connectivity index (χ1v) is 30.0. The van der Waals surface area contributed by atoms with E-state index in [0.29, 0.717) is 10.8 Å². The average Bonchev–Trinajstić information content (AvgIpc) is 3.36. The van der Waals surface area contributed by atoms with E-state index in [2.05, 4.69) is 333 Å². The molecule has 2 aliphatic carbocycles. The van der Waals surface area contributed by atoms with Gasteiger partial charge in [0.05, 0.1) is 0 Å². The van der Waals surface area contributed by atoms with Gasteiger partial charge in [-0.25, -0.2) is 0 Å². The summed E-state index contributed by atoms with van der Waals surface area (Å²) in [7, 11) is 0. The van der Waals surface area contributed by atoms with Crippen LogP contribution in [0.25, 0.3) is 0 Å². The summed E-state index contributed by atoms with van der Waals surface area (Å²) in [5.41, 5.74) is 22.2. The van der Waals surface area contributed by atoms with Crippen molar-refractivity contribution in [2.24, 2.45) is 10.8 Å². The molecule has 432 valence electrons. The van der Waals surface area contributed by atoms with Crippen LogP contribution < -0.4 is 0 Å². The van der Waals surface area contributed by atoms with E-state index in [9.17, 15) is 0 Å². The largest absolute Gasteiger partial charge is 0.0856 e. The standard InChI is InChI=1S/2C40H56/c1-31(19-13-21-33(3)25-27-37-35(5)23-15-29-39(37,7)8)17-11-12-18-32(2)20-14-22-34(4)26-28-38-36(6)24-16-30-40(38,9)10;1-33(2)19-13-23-37(7)27-17-31-39(9)29-15-25-35(5)21-11-12-22-36(6)26-16-30-40(10)32-18-28-38(8)24-14-20-34(3)4/h11-14,17-22,25-28H,15-16,23-24,29-30H2,1-10H3;11-12,15-22,25-32H,13-14,23-24H2,1-10H3/b12-11+,19-13+,20-14+,27-25+,28-26+,31-17+,32-18+,33-21+,34-22+;12-11+,25-15+,26-16+,31-17+,32-18+,35-21+,36-22+,37-27+,38-28+,39-29+,40-30+. The zero-order valence-corrected chi connectivity index (χ0v) is 54.5. The summed E-state index contributed by atoms with van der Waals surface area (Å²) in [5.74, 6) is 0. The molecule has 0 aromatic carbocycles. The van der Waals surface area contributed by atoms with Crippen molar-refractivity contribution in [2.45, 2.75) is 203 Å². The van der Waals surface area contributed by atoms with Crippen LogP contribution in [0.5, 0.6) is 0 Å². The van der Waals surface area contributed by atoms with Crippen LogP contribution in [0.2, 0.25) is 0 Å². The SMILES string of the molecule is CC(C)=CCC/C(C)=C/C=C/C(C)=C/C=C/C(C)=C/C=C/C=C(C)/C=C/C=C(C)/C=C/C=C(\C)CCC=C(C)C.CC1=C(/C=C/C(C)=C/C=C/C(C)=C/C=C/C=C(C)/C=C/C=C(C)/C=C/C2=C(C)CCCC2(C)C)C(C)(C)CCC1. The lowest BCUT2D eigenvalue weighted by atomic mass is 9.72. The molecule has 0 unspecified atom stereocenters. The van der Waals surface area contributed by atoms with Gasteiger partial charge in [-0.1, -0.05) is 300 Å². The van der Waals surface area contributed by atoms with Gasteiger partial charge in [0.2, 0.25) is 0 Å². The minimum Gasteiger partial charge on any atom is -0.0856 e. The second-order valence-corrected chi connectivity index (χ2v) is 24.4. The van der Waals surface area contributed by atoms with Crippen molar-refractivity contribution in [2.75, 3.05) is 0 Å². The Labute approximate surface area is 494 Å². The van der Waals surface area contributed by atoms with Crippen molar-refractivity contribution in [3.05, 3.63) is 284 Å². The summed E-state index contributed by atoms with van der Waals surface area (Å²) in [6.45, 7) is 44.2. The van der Waals surface area contributed by atoms with Crippen LogP contribution >= 0.6 is 0 Å². The molecule has 0 aromatic heterocycles. The molecule has 0 nitrogen and oxygen atoms in total. The monoisotopic (exact) mass is 1070 g/mol. The summed E-state index contributed by atoms with van der Waals surface area (Å²) < 4.78 is 0. The fourth-order valence-electron chi connectivity index (χ4n) is 9.20. The molecule has 0 aliphatic heterocycles. The van der Waals surface area contributed by atoms with Crippen LogP contribution in [-0.4, -0.2) is 0 Å². The van der Waals surface area contributed by atoms with E-state index in [4.69, 9.17) is 0 Å². The van der Waals surface area contributed by atoms with Crippen LogP contribution in [0.1, 0.15) is 203 Å². The first-order chi connectivity index (χ1) is 37.8. The quantitative estimate of drug-likeness (QED) is 0.0598. The Bertz CT molecular complexity index is 2540. The summed E-state index contributed by atoms with van der Waals surface area (Å²) in [6.07, 6.45) is 81.7. The average molecular weight is 1070 g/mol. The lowest BCUT2D eigenvalue weighted by Crippen LogP contribution is -2.19. The Morgan fingerprint density at radius 2 is 0.562 bits per heavy atom. The third kappa shape index (κ3) is 36.1. The maximum absolute atomic E-state index is 2.37. The molecule has 2 rings (SSSR count). The number of allylic oxidation sites excluding steroid dienone is 48. The number of hydrogen-bond donors (Lipinski definition) is 0. The third-order valence-electron chi connectivity index (χ3n) is 14.3. The first-order valence-electron chi connectivity index (χ1n) is 30.0. The maximum Gasteiger partial charge on any atom is -0.0104 e. The highest BCUT2D eigenvalue weighted by atomic mass is 14.3. The van der Waals surface area contributed by atoms with E-state index in [1.807, 2.05) is 0 Å². The predicted octanol–water partition coefficient (Wildman–Crippen LogP) is 25.5. The van der Waals surface area contributed by atoms with Gasteiger partial charge in [0.25, 0.3) is 0 Å². The minimum absolute atomic E-state index is 0.291. The van der Waals surface area contributed by atoms with Crippen LogP contribution in [0.4, 0.5) is 0 Å². The van der Waals surface area contributed by atoms with Gasteiger partial charge in [0, 0.05) is 0 Å². The molecule has 0 spiro atoms. The van der Waals surface area contributed by atoms with Crippen molar-refractivity contribution in [3.63, 3.8) is 0 Å². The van der Waals surface area contributed by atoms with Crippen LogP contribution in [0.15, 0.2) is 284 Å². The molecule has 0 heteroatoms. The zero-order valence-electron chi connectivity index (χ0n) is 54.5. The molecule has 0 radical (unpaired) electrons. The van der Waals surface area contributed by atoms with Gasteiger partial charge in [0.1, 0.15) is 0 Å². The van der Waals surface area contributed by atoms with Gasteiger partial charge in [-0.15, -0.1) is 0 Å². The highest BCUT2D eigenvalue weighted by Gasteiger charge is 2.27. The lowest BCUT2D eigenvalue weighted by molar-refractivity contribution is 0.376. The summed E-state index contributed by atoms with van der Waals surface area (Å²) in [5, 5.41) is 0. The summed E-state index contributed by atoms with van der Waals surface area (Å²) in [6, 6.07) is 0. The second kappa shape index (κ2) is 40.9. The van der Waals surface area contributed by atoms with Crippen molar-refractivity contribution >= 4 is 0 Å². The molecule has 0 heterocycles. The van der Waals surface area contributed by atoms with E-state index in [1.54, 1.807) is 11.1 Å². The van der Waals surface area contributed by atoms with Gasteiger partial charge in [-0.2, -0.15) is 0 Å². The molecule has 0 fully saturated rings. The van der Waals surface area contributed by atoms with E-state index in [1.165, 1.54) is 117 Å². The van der Waals surface area contributed by atoms with Gasteiger partial charge in [-0.3, -0.25) is 0 Å². The Hall–Kier alpha value is -6.24.